The van der Waals surface area contributed by atoms with Gasteiger partial charge in [-0.3, -0.25) is 9.63 Å². The van der Waals surface area contributed by atoms with E-state index in [0.717, 1.165) is 5.06 Å². The van der Waals surface area contributed by atoms with Crippen molar-refractivity contribution < 1.29 is 14.7 Å². The van der Waals surface area contributed by atoms with Crippen LogP contribution in [0.2, 0.25) is 0 Å². The van der Waals surface area contributed by atoms with Crippen molar-refractivity contribution in [2.45, 2.75) is 6.10 Å². The van der Waals surface area contributed by atoms with E-state index < -0.39 is 6.10 Å². The minimum absolute atomic E-state index is 0.235. The summed E-state index contributed by atoms with van der Waals surface area (Å²) in [5.41, 5.74) is 0. The minimum atomic E-state index is -0.500. The monoisotopic (exact) mass is 117 g/mol. The second kappa shape index (κ2) is 2.11. The van der Waals surface area contributed by atoms with Crippen LogP contribution in [0.15, 0.2) is 0 Å². The Hall–Kier alpha value is -0.610. The van der Waals surface area contributed by atoms with Gasteiger partial charge in [0.25, 0.3) is 0 Å². The molecule has 1 aliphatic rings. The van der Waals surface area contributed by atoms with Crippen LogP contribution in [0.3, 0.4) is 0 Å². The Morgan fingerprint density at radius 3 is 2.88 bits per heavy atom. The molecule has 0 saturated carbocycles. The number of β-amino-alcohol motifs (C(OH)–C–C–N with tert-alkyl or cyclic N) is 1. The molecule has 1 saturated heterocycles. The second-order valence-corrected chi connectivity index (χ2v) is 1.65. The van der Waals surface area contributed by atoms with Gasteiger partial charge in [-0.1, -0.05) is 0 Å². The topological polar surface area (TPSA) is 49.8 Å². The molecule has 0 aromatic carbocycles. The number of hydrogen-bond donors (Lipinski definition) is 1. The summed E-state index contributed by atoms with van der Waals surface area (Å²) in [4.78, 5) is 14.5. The lowest BCUT2D eigenvalue weighted by Gasteiger charge is -2.02. The van der Waals surface area contributed by atoms with Crippen LogP contribution in [0, 0.1) is 0 Å². The summed E-state index contributed by atoms with van der Waals surface area (Å²) in [6.45, 7) is 0.530. The molecular formula is C4H7NO3. The van der Waals surface area contributed by atoms with Crippen molar-refractivity contribution in [3.05, 3.63) is 0 Å². The Balaban J connectivity index is 2.32. The number of hydrogen-bond acceptors (Lipinski definition) is 3. The number of aliphatic hydroxyl groups is 1. The minimum Gasteiger partial charge on any atom is -0.389 e. The quantitative estimate of drug-likeness (QED) is 0.436. The zero-order chi connectivity index (χ0) is 5.98. The molecule has 4 heteroatoms. The van der Waals surface area contributed by atoms with E-state index in [9.17, 15) is 4.79 Å². The van der Waals surface area contributed by atoms with E-state index >= 15 is 0 Å². The molecule has 1 amide bonds. The second-order valence-electron chi connectivity index (χ2n) is 1.65. The summed E-state index contributed by atoms with van der Waals surface area (Å²) in [6.07, 6.45) is 0.0520. The number of amides is 1. The average Bonchev–Trinajstić information content (AvgIpc) is 2.14. The maximum Gasteiger partial charge on any atom is 0.233 e. The van der Waals surface area contributed by atoms with Gasteiger partial charge >= 0.3 is 0 Å². The Bertz CT molecular complexity index is 95.3. The van der Waals surface area contributed by atoms with Gasteiger partial charge in [-0.25, -0.2) is 5.06 Å². The molecule has 1 N–H and O–H groups in total. The molecule has 1 unspecified atom stereocenters. The maximum atomic E-state index is 9.84. The summed E-state index contributed by atoms with van der Waals surface area (Å²) in [7, 11) is 0. The third-order valence-electron chi connectivity index (χ3n) is 0.941. The van der Waals surface area contributed by atoms with E-state index in [4.69, 9.17) is 5.11 Å². The van der Waals surface area contributed by atoms with Crippen molar-refractivity contribution in [2.24, 2.45) is 0 Å². The summed E-state index contributed by atoms with van der Waals surface area (Å²) in [5, 5.41) is 9.78. The normalized spacial score (nSPS) is 28.6. The van der Waals surface area contributed by atoms with Gasteiger partial charge in [-0.15, -0.1) is 0 Å². The van der Waals surface area contributed by atoms with E-state index in [0.29, 0.717) is 13.0 Å². The van der Waals surface area contributed by atoms with Crippen molar-refractivity contribution in [1.29, 1.82) is 0 Å². The number of hydroxylamine groups is 2. The highest BCUT2D eigenvalue weighted by Gasteiger charge is 2.18. The number of nitrogens with zero attached hydrogens (tertiary/aromatic N) is 1. The molecule has 0 spiro atoms. The number of aliphatic hydroxyl groups excluding tert-OH is 1. The Labute approximate surface area is 46.6 Å². The first kappa shape index (κ1) is 5.53. The fourth-order valence-electron chi connectivity index (χ4n) is 0.568. The predicted octanol–water partition coefficient (Wildman–Crippen LogP) is -1.25. The van der Waals surface area contributed by atoms with E-state index in [1.54, 1.807) is 0 Å². The van der Waals surface area contributed by atoms with Gasteiger partial charge in [-0.05, 0) is 0 Å². The van der Waals surface area contributed by atoms with E-state index in [1.807, 2.05) is 0 Å². The molecule has 0 bridgehead atoms. The van der Waals surface area contributed by atoms with Crippen LogP contribution < -0.4 is 0 Å². The summed E-state index contributed by atoms with van der Waals surface area (Å²) < 4.78 is 0. The molecule has 0 radical (unpaired) electrons. The third kappa shape index (κ3) is 0.962. The van der Waals surface area contributed by atoms with E-state index in [2.05, 4.69) is 4.84 Å². The molecule has 46 valence electrons. The SMILES string of the molecule is O=CN1CC(O)CO1. The lowest BCUT2D eigenvalue weighted by Crippen LogP contribution is -2.18. The highest BCUT2D eigenvalue weighted by molar-refractivity contribution is 5.45. The average molecular weight is 117 g/mol. The largest absolute Gasteiger partial charge is 0.389 e. The van der Waals surface area contributed by atoms with Crippen LogP contribution in [0.25, 0.3) is 0 Å². The lowest BCUT2D eigenvalue weighted by atomic mass is 10.4. The van der Waals surface area contributed by atoms with Gasteiger partial charge in [0, 0.05) is 0 Å². The van der Waals surface area contributed by atoms with Gasteiger partial charge in [0.15, 0.2) is 0 Å². The highest BCUT2D eigenvalue weighted by atomic mass is 16.7. The van der Waals surface area contributed by atoms with Crippen LogP contribution >= 0.6 is 0 Å². The van der Waals surface area contributed by atoms with Crippen molar-refractivity contribution in [2.75, 3.05) is 13.2 Å². The fraction of sp³-hybridized carbons (Fsp3) is 0.750. The van der Waals surface area contributed by atoms with E-state index in [-0.39, 0.29) is 6.61 Å². The Morgan fingerprint density at radius 2 is 2.62 bits per heavy atom. The molecule has 4 nitrogen and oxygen atoms in total. The number of carbonyl (C=O) groups excluding carboxylic acids is 1. The van der Waals surface area contributed by atoms with Crippen LogP contribution in [-0.4, -0.2) is 35.8 Å². The molecule has 0 aromatic heterocycles. The summed E-state index contributed by atoms with van der Waals surface area (Å²) >= 11 is 0. The van der Waals surface area contributed by atoms with Crippen LogP contribution in [0.5, 0.6) is 0 Å². The number of rotatable bonds is 1. The molecular weight excluding hydrogens is 110 g/mol. The van der Waals surface area contributed by atoms with Gasteiger partial charge in [0.2, 0.25) is 6.41 Å². The van der Waals surface area contributed by atoms with Crippen molar-refractivity contribution in [1.82, 2.24) is 5.06 Å². The molecule has 0 aromatic rings. The predicted molar refractivity (Wildman–Crippen MR) is 24.7 cm³/mol. The van der Waals surface area contributed by atoms with Gasteiger partial charge < -0.3 is 5.11 Å². The summed E-state index contributed by atoms with van der Waals surface area (Å²) in [5.74, 6) is 0. The Kier molecular flexibility index (Phi) is 1.45. The standard InChI is InChI=1S/C4H7NO3/c6-3-5-1-4(7)2-8-5/h3-4,7H,1-2H2. The first-order valence-corrected chi connectivity index (χ1v) is 2.36. The molecule has 1 rings (SSSR count). The lowest BCUT2D eigenvalue weighted by molar-refractivity contribution is -0.153. The zero-order valence-electron chi connectivity index (χ0n) is 4.28. The maximum absolute atomic E-state index is 9.84. The van der Waals surface area contributed by atoms with Crippen molar-refractivity contribution >= 4 is 6.41 Å². The molecule has 1 aliphatic heterocycles. The van der Waals surface area contributed by atoms with Crippen molar-refractivity contribution in [3.8, 4) is 0 Å². The van der Waals surface area contributed by atoms with Gasteiger partial charge in [-0.2, -0.15) is 0 Å². The smallest absolute Gasteiger partial charge is 0.233 e. The molecule has 8 heavy (non-hydrogen) atoms. The fourth-order valence-corrected chi connectivity index (χ4v) is 0.568. The molecule has 1 fully saturated rings. The molecule has 1 heterocycles. The first-order valence-electron chi connectivity index (χ1n) is 2.36. The Morgan fingerprint density at radius 1 is 1.88 bits per heavy atom. The first-order chi connectivity index (χ1) is 3.83. The van der Waals surface area contributed by atoms with Gasteiger partial charge in [0.05, 0.1) is 12.6 Å². The molecule has 1 atom stereocenters. The third-order valence-corrected chi connectivity index (χ3v) is 0.941. The van der Waals surface area contributed by atoms with Crippen molar-refractivity contribution in [3.63, 3.8) is 0 Å². The van der Waals surface area contributed by atoms with Crippen LogP contribution in [-0.2, 0) is 9.63 Å². The van der Waals surface area contributed by atoms with E-state index in [1.165, 1.54) is 0 Å². The van der Waals surface area contributed by atoms with Gasteiger partial charge in [0.1, 0.15) is 6.61 Å². The van der Waals surface area contributed by atoms with Crippen LogP contribution in [0.4, 0.5) is 0 Å². The summed E-state index contributed by atoms with van der Waals surface area (Å²) in [6, 6.07) is 0. The highest BCUT2D eigenvalue weighted by Crippen LogP contribution is 2.00. The zero-order valence-corrected chi connectivity index (χ0v) is 4.28. The molecule has 0 aliphatic carbocycles. The van der Waals surface area contributed by atoms with Crippen LogP contribution in [0.1, 0.15) is 0 Å². The number of carbonyl (C=O) groups is 1.